The molecule has 1 aliphatic carbocycles. The summed E-state index contributed by atoms with van der Waals surface area (Å²) in [6.45, 7) is 4.51. The van der Waals surface area contributed by atoms with Gasteiger partial charge in [-0.3, -0.25) is 4.79 Å². The lowest BCUT2D eigenvalue weighted by atomic mass is 10.1. The predicted molar refractivity (Wildman–Crippen MR) is 123 cm³/mol. The molecular formula is C26H30N2O3. The van der Waals surface area contributed by atoms with Crippen molar-refractivity contribution in [1.82, 2.24) is 9.88 Å². The van der Waals surface area contributed by atoms with E-state index in [0.29, 0.717) is 23.7 Å². The molecule has 5 heteroatoms. The van der Waals surface area contributed by atoms with Gasteiger partial charge in [0.1, 0.15) is 5.69 Å². The van der Waals surface area contributed by atoms with E-state index in [2.05, 4.69) is 4.98 Å². The number of hydrogen-bond donors (Lipinski definition) is 0. The fourth-order valence-corrected chi connectivity index (χ4v) is 4.28. The molecule has 0 radical (unpaired) electrons. The highest BCUT2D eigenvalue weighted by molar-refractivity contribution is 5.95. The van der Waals surface area contributed by atoms with E-state index < -0.39 is 0 Å². The lowest BCUT2D eigenvalue weighted by Gasteiger charge is -2.29. The Hall–Kier alpha value is -3.08. The summed E-state index contributed by atoms with van der Waals surface area (Å²) in [5, 5.41) is 1.04. The number of carbonyl (C=O) groups is 1. The topological polar surface area (TPSA) is 51.7 Å². The molecule has 0 atom stereocenters. The number of ether oxygens (including phenoxy) is 2. The van der Waals surface area contributed by atoms with E-state index in [1.807, 2.05) is 73.3 Å². The highest BCUT2D eigenvalue weighted by Crippen LogP contribution is 2.32. The van der Waals surface area contributed by atoms with Crippen LogP contribution < -0.4 is 9.47 Å². The normalized spacial score (nSPS) is 14.2. The molecule has 1 heterocycles. The van der Waals surface area contributed by atoms with Gasteiger partial charge in [0.15, 0.2) is 11.5 Å². The van der Waals surface area contributed by atoms with Crippen LogP contribution in [0.15, 0.2) is 54.6 Å². The van der Waals surface area contributed by atoms with E-state index in [0.717, 1.165) is 42.1 Å². The standard InChI is InChI=1S/C26H30N2O3/c1-18(2)31-25-16-19(12-15-24(25)30-3)17-28(21-9-5-6-10-21)26(29)23-14-13-20-8-4-7-11-22(20)27-23/h4,7-8,11-16,18,21H,5-6,9-10,17H2,1-3H3. The number of aromatic nitrogens is 1. The van der Waals surface area contributed by atoms with Crippen LogP contribution in [0.3, 0.4) is 0 Å². The maximum atomic E-state index is 13.6. The maximum Gasteiger partial charge on any atom is 0.273 e. The first kappa shape index (κ1) is 21.2. The number of pyridine rings is 1. The predicted octanol–water partition coefficient (Wildman–Crippen LogP) is 5.62. The van der Waals surface area contributed by atoms with E-state index in [1.54, 1.807) is 7.11 Å². The van der Waals surface area contributed by atoms with Gasteiger partial charge in [-0.25, -0.2) is 4.98 Å². The second-order valence-electron chi connectivity index (χ2n) is 8.41. The average Bonchev–Trinajstić information content (AvgIpc) is 3.31. The van der Waals surface area contributed by atoms with Crippen molar-refractivity contribution < 1.29 is 14.3 Å². The Balaban J connectivity index is 1.64. The van der Waals surface area contributed by atoms with Crippen LogP contribution >= 0.6 is 0 Å². The van der Waals surface area contributed by atoms with Crippen molar-refractivity contribution in [3.05, 3.63) is 65.9 Å². The van der Waals surface area contributed by atoms with E-state index in [1.165, 1.54) is 0 Å². The zero-order valence-electron chi connectivity index (χ0n) is 18.5. The number of nitrogens with zero attached hydrogens (tertiary/aromatic N) is 2. The minimum atomic E-state index is -0.0141. The van der Waals surface area contributed by atoms with Gasteiger partial charge in [0.05, 0.1) is 18.7 Å². The molecule has 162 valence electrons. The number of benzene rings is 2. The van der Waals surface area contributed by atoms with Gasteiger partial charge in [-0.05, 0) is 56.5 Å². The van der Waals surface area contributed by atoms with Gasteiger partial charge in [-0.1, -0.05) is 43.2 Å². The second-order valence-corrected chi connectivity index (χ2v) is 8.41. The Labute approximate surface area is 184 Å². The van der Waals surface area contributed by atoms with Crippen molar-refractivity contribution in [1.29, 1.82) is 0 Å². The van der Waals surface area contributed by atoms with Crippen LogP contribution in [0.1, 0.15) is 55.6 Å². The number of para-hydroxylation sites is 1. The van der Waals surface area contributed by atoms with Crippen molar-refractivity contribution >= 4 is 16.8 Å². The molecule has 1 aromatic heterocycles. The Bertz CT molecular complexity index is 1060. The molecule has 3 aromatic rings. The number of hydrogen-bond acceptors (Lipinski definition) is 4. The zero-order valence-corrected chi connectivity index (χ0v) is 18.5. The van der Waals surface area contributed by atoms with Crippen molar-refractivity contribution in [3.63, 3.8) is 0 Å². The molecule has 1 saturated carbocycles. The van der Waals surface area contributed by atoms with Crippen molar-refractivity contribution in [2.45, 2.75) is 58.2 Å². The Morgan fingerprint density at radius 1 is 1.06 bits per heavy atom. The van der Waals surface area contributed by atoms with Gasteiger partial charge in [-0.15, -0.1) is 0 Å². The lowest BCUT2D eigenvalue weighted by Crippen LogP contribution is -2.38. The van der Waals surface area contributed by atoms with E-state index in [9.17, 15) is 4.79 Å². The van der Waals surface area contributed by atoms with Crippen LogP contribution in [0.2, 0.25) is 0 Å². The number of methoxy groups -OCH3 is 1. The Morgan fingerprint density at radius 3 is 2.58 bits per heavy atom. The van der Waals surface area contributed by atoms with Crippen LogP contribution in [0.25, 0.3) is 10.9 Å². The molecular weight excluding hydrogens is 388 g/mol. The van der Waals surface area contributed by atoms with Gasteiger partial charge < -0.3 is 14.4 Å². The summed E-state index contributed by atoms with van der Waals surface area (Å²) < 4.78 is 11.4. The van der Waals surface area contributed by atoms with Gasteiger partial charge in [-0.2, -0.15) is 0 Å². The number of rotatable bonds is 7. The van der Waals surface area contributed by atoms with E-state index in [4.69, 9.17) is 9.47 Å². The largest absolute Gasteiger partial charge is 0.493 e. The fourth-order valence-electron chi connectivity index (χ4n) is 4.28. The highest BCUT2D eigenvalue weighted by atomic mass is 16.5. The fraction of sp³-hybridized carbons (Fsp3) is 0.385. The molecule has 31 heavy (non-hydrogen) atoms. The van der Waals surface area contributed by atoms with Crippen LogP contribution in [0.5, 0.6) is 11.5 Å². The molecule has 5 nitrogen and oxygen atoms in total. The Kier molecular flexibility index (Phi) is 6.40. The van der Waals surface area contributed by atoms with Crippen LogP contribution in [-0.4, -0.2) is 35.0 Å². The molecule has 0 saturated heterocycles. The summed E-state index contributed by atoms with van der Waals surface area (Å²) >= 11 is 0. The quantitative estimate of drug-likeness (QED) is 0.500. The van der Waals surface area contributed by atoms with Gasteiger partial charge in [0.2, 0.25) is 0 Å². The molecule has 0 N–H and O–H groups in total. The van der Waals surface area contributed by atoms with E-state index >= 15 is 0 Å². The smallest absolute Gasteiger partial charge is 0.273 e. The second kappa shape index (κ2) is 9.38. The third-order valence-electron chi connectivity index (χ3n) is 5.79. The SMILES string of the molecule is COc1ccc(CN(C(=O)c2ccc3ccccc3n2)C2CCCC2)cc1OC(C)C. The molecule has 1 amide bonds. The van der Waals surface area contributed by atoms with Crippen LogP contribution in [-0.2, 0) is 6.54 Å². The summed E-state index contributed by atoms with van der Waals surface area (Å²) in [4.78, 5) is 20.2. The zero-order chi connectivity index (χ0) is 21.8. The minimum Gasteiger partial charge on any atom is -0.493 e. The molecule has 0 unspecified atom stereocenters. The summed E-state index contributed by atoms with van der Waals surface area (Å²) in [5.74, 6) is 1.39. The third kappa shape index (κ3) is 4.82. The number of fused-ring (bicyclic) bond motifs is 1. The third-order valence-corrected chi connectivity index (χ3v) is 5.79. The average molecular weight is 419 g/mol. The first-order valence-corrected chi connectivity index (χ1v) is 11.1. The molecule has 1 fully saturated rings. The molecule has 0 aliphatic heterocycles. The maximum absolute atomic E-state index is 13.6. The number of amides is 1. The summed E-state index contributed by atoms with van der Waals surface area (Å²) in [7, 11) is 1.64. The van der Waals surface area contributed by atoms with E-state index in [-0.39, 0.29) is 18.1 Å². The lowest BCUT2D eigenvalue weighted by molar-refractivity contribution is 0.0658. The Morgan fingerprint density at radius 2 is 1.84 bits per heavy atom. The first-order valence-electron chi connectivity index (χ1n) is 11.1. The minimum absolute atomic E-state index is 0.0141. The summed E-state index contributed by atoms with van der Waals surface area (Å²) in [6, 6.07) is 17.9. The van der Waals surface area contributed by atoms with Gasteiger partial charge in [0.25, 0.3) is 5.91 Å². The van der Waals surface area contributed by atoms with Gasteiger partial charge in [0, 0.05) is 18.0 Å². The van der Waals surface area contributed by atoms with Crippen molar-refractivity contribution in [3.8, 4) is 11.5 Å². The highest BCUT2D eigenvalue weighted by Gasteiger charge is 2.28. The summed E-state index contributed by atoms with van der Waals surface area (Å²) in [5.41, 5.74) is 2.37. The van der Waals surface area contributed by atoms with Gasteiger partial charge >= 0.3 is 0 Å². The van der Waals surface area contributed by atoms with Crippen LogP contribution in [0.4, 0.5) is 0 Å². The molecule has 1 aliphatic rings. The first-order chi connectivity index (χ1) is 15.0. The van der Waals surface area contributed by atoms with Crippen molar-refractivity contribution in [2.24, 2.45) is 0 Å². The molecule has 0 spiro atoms. The molecule has 4 rings (SSSR count). The molecule has 0 bridgehead atoms. The monoisotopic (exact) mass is 418 g/mol. The number of carbonyl (C=O) groups excluding carboxylic acids is 1. The summed E-state index contributed by atoms with van der Waals surface area (Å²) in [6.07, 6.45) is 4.42. The molecule has 2 aromatic carbocycles. The van der Waals surface area contributed by atoms with Crippen molar-refractivity contribution in [2.75, 3.05) is 7.11 Å². The van der Waals surface area contributed by atoms with Crippen LogP contribution in [0, 0.1) is 0 Å².